The van der Waals surface area contributed by atoms with E-state index in [1.54, 1.807) is 7.11 Å². The molecule has 3 saturated heterocycles. The molecule has 0 bridgehead atoms. The number of hydrogen-bond donors (Lipinski definition) is 1. The third kappa shape index (κ3) is 4.13. The van der Waals surface area contributed by atoms with E-state index in [1.807, 2.05) is 12.1 Å². The SMILES string of the molecule is COc1ccc(N2CCN(C(=O)CN3CC4(CCNCC4)CC3C)CC2)cc1. The van der Waals surface area contributed by atoms with Crippen LogP contribution in [0.2, 0.25) is 0 Å². The van der Waals surface area contributed by atoms with Crippen LogP contribution < -0.4 is 15.0 Å². The molecule has 0 aromatic heterocycles. The van der Waals surface area contributed by atoms with Gasteiger partial charge in [-0.25, -0.2) is 0 Å². The first kappa shape index (κ1) is 19.5. The first-order chi connectivity index (χ1) is 13.6. The summed E-state index contributed by atoms with van der Waals surface area (Å²) in [6.45, 7) is 9.62. The highest BCUT2D eigenvalue weighted by Crippen LogP contribution is 2.41. The van der Waals surface area contributed by atoms with Crippen molar-refractivity contribution in [3.63, 3.8) is 0 Å². The van der Waals surface area contributed by atoms with Crippen molar-refractivity contribution in [3.05, 3.63) is 24.3 Å². The molecule has 1 N–H and O–H groups in total. The van der Waals surface area contributed by atoms with Crippen molar-refractivity contribution in [2.75, 3.05) is 64.4 Å². The molecule has 0 radical (unpaired) electrons. The Hall–Kier alpha value is -1.79. The number of nitrogens with one attached hydrogen (secondary N) is 1. The van der Waals surface area contributed by atoms with Gasteiger partial charge in [0.05, 0.1) is 13.7 Å². The van der Waals surface area contributed by atoms with Crippen LogP contribution in [0, 0.1) is 5.41 Å². The highest BCUT2D eigenvalue weighted by atomic mass is 16.5. The summed E-state index contributed by atoms with van der Waals surface area (Å²) in [5, 5.41) is 3.48. The second-order valence-electron chi connectivity index (χ2n) is 8.77. The zero-order valence-electron chi connectivity index (χ0n) is 17.3. The van der Waals surface area contributed by atoms with Gasteiger partial charge in [-0.15, -0.1) is 0 Å². The van der Waals surface area contributed by atoms with E-state index in [0.29, 0.717) is 23.9 Å². The van der Waals surface area contributed by atoms with E-state index in [9.17, 15) is 4.79 Å². The summed E-state index contributed by atoms with van der Waals surface area (Å²) in [6, 6.07) is 8.71. The molecule has 0 aliphatic carbocycles. The fraction of sp³-hybridized carbons (Fsp3) is 0.682. The molecular formula is C22H34N4O2. The molecule has 1 aromatic carbocycles. The van der Waals surface area contributed by atoms with E-state index in [2.05, 4.69) is 39.1 Å². The minimum absolute atomic E-state index is 0.298. The Morgan fingerprint density at radius 3 is 2.46 bits per heavy atom. The number of benzene rings is 1. The number of likely N-dealkylation sites (tertiary alicyclic amines) is 1. The predicted molar refractivity (Wildman–Crippen MR) is 112 cm³/mol. The van der Waals surface area contributed by atoms with Crippen LogP contribution in [0.5, 0.6) is 5.75 Å². The first-order valence-corrected chi connectivity index (χ1v) is 10.7. The normalized spacial score (nSPS) is 25.3. The van der Waals surface area contributed by atoms with Crippen molar-refractivity contribution in [2.24, 2.45) is 5.41 Å². The summed E-state index contributed by atoms with van der Waals surface area (Å²) in [4.78, 5) is 19.8. The highest BCUT2D eigenvalue weighted by Gasteiger charge is 2.43. The fourth-order valence-corrected chi connectivity index (χ4v) is 5.22. The number of hydrogen-bond acceptors (Lipinski definition) is 5. The molecule has 1 unspecified atom stereocenters. The summed E-state index contributed by atoms with van der Waals surface area (Å²) in [6.07, 6.45) is 3.75. The largest absolute Gasteiger partial charge is 0.497 e. The lowest BCUT2D eigenvalue weighted by Crippen LogP contribution is -2.51. The molecule has 28 heavy (non-hydrogen) atoms. The van der Waals surface area contributed by atoms with Crippen molar-refractivity contribution < 1.29 is 9.53 Å². The molecule has 154 valence electrons. The van der Waals surface area contributed by atoms with Crippen molar-refractivity contribution in [1.82, 2.24) is 15.1 Å². The molecule has 1 atom stereocenters. The van der Waals surface area contributed by atoms with Gasteiger partial charge in [-0.1, -0.05) is 0 Å². The van der Waals surface area contributed by atoms with Gasteiger partial charge >= 0.3 is 0 Å². The molecule has 3 fully saturated rings. The molecule has 1 amide bonds. The number of anilines is 1. The van der Waals surface area contributed by atoms with Gasteiger partial charge in [-0.2, -0.15) is 0 Å². The van der Waals surface area contributed by atoms with Crippen LogP contribution in [0.25, 0.3) is 0 Å². The summed E-state index contributed by atoms with van der Waals surface area (Å²) < 4.78 is 5.24. The van der Waals surface area contributed by atoms with Crippen LogP contribution in [0.4, 0.5) is 5.69 Å². The maximum Gasteiger partial charge on any atom is 0.236 e. The van der Waals surface area contributed by atoms with Crippen molar-refractivity contribution in [1.29, 1.82) is 0 Å². The molecule has 6 nitrogen and oxygen atoms in total. The third-order valence-corrected chi connectivity index (χ3v) is 6.96. The Morgan fingerprint density at radius 1 is 1.14 bits per heavy atom. The minimum Gasteiger partial charge on any atom is -0.497 e. The molecule has 0 saturated carbocycles. The second kappa shape index (κ2) is 8.29. The predicted octanol–water partition coefficient (Wildman–Crippen LogP) is 1.81. The molecular weight excluding hydrogens is 352 g/mol. The van der Waals surface area contributed by atoms with Crippen LogP contribution >= 0.6 is 0 Å². The van der Waals surface area contributed by atoms with Gasteiger partial charge in [0, 0.05) is 44.5 Å². The number of carbonyl (C=O) groups excluding carboxylic acids is 1. The van der Waals surface area contributed by atoms with Gasteiger partial charge in [0.15, 0.2) is 0 Å². The Kier molecular flexibility index (Phi) is 5.78. The number of methoxy groups -OCH3 is 1. The number of piperidine rings is 1. The van der Waals surface area contributed by atoms with Crippen LogP contribution in [-0.4, -0.2) is 81.2 Å². The molecule has 4 rings (SSSR count). The minimum atomic E-state index is 0.298. The number of ether oxygens (including phenoxy) is 1. The van der Waals surface area contributed by atoms with Gasteiger partial charge in [-0.05, 0) is 69.0 Å². The van der Waals surface area contributed by atoms with E-state index in [-0.39, 0.29) is 0 Å². The number of nitrogens with zero attached hydrogens (tertiary/aromatic N) is 3. The topological polar surface area (TPSA) is 48.1 Å². The molecule has 3 heterocycles. The highest BCUT2D eigenvalue weighted by molar-refractivity contribution is 5.78. The van der Waals surface area contributed by atoms with E-state index in [4.69, 9.17) is 4.74 Å². The van der Waals surface area contributed by atoms with E-state index >= 15 is 0 Å². The number of rotatable bonds is 4. The lowest BCUT2D eigenvalue weighted by Gasteiger charge is -2.37. The Labute approximate surface area is 168 Å². The average Bonchev–Trinajstić information content (AvgIpc) is 3.02. The first-order valence-electron chi connectivity index (χ1n) is 10.7. The zero-order valence-corrected chi connectivity index (χ0v) is 17.3. The second-order valence-corrected chi connectivity index (χ2v) is 8.77. The lowest BCUT2D eigenvalue weighted by molar-refractivity contribution is -0.133. The molecule has 1 aromatic rings. The maximum atomic E-state index is 12.9. The molecule has 3 aliphatic heterocycles. The van der Waals surface area contributed by atoms with Gasteiger partial charge in [0.2, 0.25) is 5.91 Å². The molecule has 3 aliphatic rings. The van der Waals surface area contributed by atoms with Gasteiger partial charge in [-0.3, -0.25) is 9.69 Å². The van der Waals surface area contributed by atoms with Crippen molar-refractivity contribution in [3.8, 4) is 5.75 Å². The van der Waals surface area contributed by atoms with E-state index < -0.39 is 0 Å². The standard InChI is InChI=1S/C22H34N4O2/c1-18-15-22(7-9-23-10-8-22)17-26(18)16-21(27)25-13-11-24(12-14-25)19-3-5-20(28-2)6-4-19/h3-6,18,23H,7-17H2,1-2H3. The van der Waals surface area contributed by atoms with Crippen LogP contribution in [0.3, 0.4) is 0 Å². The monoisotopic (exact) mass is 386 g/mol. The third-order valence-electron chi connectivity index (χ3n) is 6.96. The smallest absolute Gasteiger partial charge is 0.236 e. The number of amides is 1. The van der Waals surface area contributed by atoms with Crippen LogP contribution in [0.15, 0.2) is 24.3 Å². The van der Waals surface area contributed by atoms with Gasteiger partial charge in [0.1, 0.15) is 5.75 Å². The van der Waals surface area contributed by atoms with Crippen LogP contribution in [-0.2, 0) is 4.79 Å². The van der Waals surface area contributed by atoms with Crippen molar-refractivity contribution in [2.45, 2.75) is 32.2 Å². The lowest BCUT2D eigenvalue weighted by atomic mass is 9.77. The molecule has 1 spiro atoms. The zero-order chi connectivity index (χ0) is 19.6. The number of piperazine rings is 1. The number of carbonyl (C=O) groups is 1. The quantitative estimate of drug-likeness (QED) is 0.855. The Bertz CT molecular complexity index is 664. The van der Waals surface area contributed by atoms with Gasteiger partial charge in [0.25, 0.3) is 0 Å². The van der Waals surface area contributed by atoms with E-state index in [0.717, 1.165) is 51.6 Å². The summed E-state index contributed by atoms with van der Waals surface area (Å²) in [5.41, 5.74) is 1.65. The maximum absolute atomic E-state index is 12.9. The fourth-order valence-electron chi connectivity index (χ4n) is 5.22. The van der Waals surface area contributed by atoms with Crippen LogP contribution in [0.1, 0.15) is 26.2 Å². The van der Waals surface area contributed by atoms with Crippen molar-refractivity contribution >= 4 is 11.6 Å². The average molecular weight is 387 g/mol. The summed E-state index contributed by atoms with van der Waals surface area (Å²) in [7, 11) is 1.69. The summed E-state index contributed by atoms with van der Waals surface area (Å²) in [5.74, 6) is 1.18. The molecule has 6 heteroatoms. The Morgan fingerprint density at radius 2 is 1.82 bits per heavy atom. The van der Waals surface area contributed by atoms with Gasteiger partial charge < -0.3 is 19.9 Å². The Balaban J connectivity index is 1.28. The summed E-state index contributed by atoms with van der Waals surface area (Å²) >= 11 is 0. The van der Waals surface area contributed by atoms with E-state index in [1.165, 1.54) is 24.9 Å².